The van der Waals surface area contributed by atoms with Crippen LogP contribution in [0.25, 0.3) is 0 Å². The molecule has 1 rings (SSSR count). The molecule has 0 aromatic heterocycles. The lowest BCUT2D eigenvalue weighted by Crippen LogP contribution is -2.01. The zero-order valence-corrected chi connectivity index (χ0v) is 9.85. The first-order valence-electron chi connectivity index (χ1n) is 5.30. The Hall–Kier alpha value is 0.190. The van der Waals surface area contributed by atoms with Crippen molar-refractivity contribution >= 4 is 7.37 Å². The monoisotopic (exact) mass is 204 g/mol. The molecule has 0 amide bonds. The molecule has 0 aromatic carbocycles. The second-order valence-electron chi connectivity index (χ2n) is 4.32. The van der Waals surface area contributed by atoms with Crippen LogP contribution in [0.2, 0.25) is 0 Å². The summed E-state index contributed by atoms with van der Waals surface area (Å²) in [7, 11) is -2.21. The minimum absolute atomic E-state index is 0.576. The third-order valence-electron chi connectivity index (χ3n) is 2.93. The Balaban J connectivity index is 2.36. The summed E-state index contributed by atoms with van der Waals surface area (Å²) >= 11 is 0. The van der Waals surface area contributed by atoms with Crippen molar-refractivity contribution in [1.29, 1.82) is 0 Å². The van der Waals surface area contributed by atoms with Gasteiger partial charge >= 0.3 is 0 Å². The number of hydrogen-bond acceptors (Lipinski definition) is 2. The highest BCUT2D eigenvalue weighted by molar-refractivity contribution is 7.59. The first-order valence-corrected chi connectivity index (χ1v) is 7.29. The van der Waals surface area contributed by atoms with Gasteiger partial charge in [0.05, 0.1) is 6.61 Å². The van der Waals surface area contributed by atoms with Crippen molar-refractivity contribution in [1.82, 2.24) is 0 Å². The van der Waals surface area contributed by atoms with Crippen molar-refractivity contribution in [2.45, 2.75) is 33.6 Å². The first-order chi connectivity index (χ1) is 6.07. The zero-order chi connectivity index (χ0) is 9.90. The smallest absolute Gasteiger partial charge is 0.203 e. The average molecular weight is 204 g/mol. The lowest BCUT2D eigenvalue weighted by atomic mass is 10.0. The molecule has 2 atom stereocenters. The van der Waals surface area contributed by atoms with Gasteiger partial charge in [-0.25, -0.2) is 0 Å². The maximum Gasteiger partial charge on any atom is 0.203 e. The van der Waals surface area contributed by atoms with E-state index in [0.717, 1.165) is 25.2 Å². The van der Waals surface area contributed by atoms with E-state index in [-0.39, 0.29) is 0 Å². The van der Waals surface area contributed by atoms with Gasteiger partial charge in [0.25, 0.3) is 0 Å². The normalized spacial score (nSPS) is 32.2. The Labute approximate surface area is 81.5 Å². The van der Waals surface area contributed by atoms with E-state index < -0.39 is 7.37 Å². The first kappa shape index (κ1) is 11.3. The van der Waals surface area contributed by atoms with Crippen LogP contribution in [-0.2, 0) is 9.09 Å². The fraction of sp³-hybridized carbons (Fsp3) is 1.00. The van der Waals surface area contributed by atoms with Crippen LogP contribution in [0.3, 0.4) is 0 Å². The standard InChI is InChI=1S/C10H21O2P/c1-4-5-6-12-13(11)7-9(2)10(3)8-13/h9-10H,4-8H2,1-3H3/t9-,10-/m1/s1. The third-order valence-corrected chi connectivity index (χ3v) is 5.85. The van der Waals surface area contributed by atoms with Gasteiger partial charge in [-0.15, -0.1) is 0 Å². The number of unbranched alkanes of at least 4 members (excludes halogenated alkanes) is 1. The fourth-order valence-electron chi connectivity index (χ4n) is 1.79. The summed E-state index contributed by atoms with van der Waals surface area (Å²) in [6, 6.07) is 0. The maximum atomic E-state index is 12.1. The van der Waals surface area contributed by atoms with E-state index in [1.54, 1.807) is 0 Å². The summed E-state index contributed by atoms with van der Waals surface area (Å²) in [6.07, 6.45) is 3.76. The molecule has 13 heavy (non-hydrogen) atoms. The minimum atomic E-state index is -2.21. The van der Waals surface area contributed by atoms with Crippen LogP contribution in [0.4, 0.5) is 0 Å². The summed E-state index contributed by atoms with van der Waals surface area (Å²) in [4.78, 5) is 0. The van der Waals surface area contributed by atoms with E-state index in [1.165, 1.54) is 0 Å². The van der Waals surface area contributed by atoms with Gasteiger partial charge in [-0.05, 0) is 18.3 Å². The second-order valence-corrected chi connectivity index (χ2v) is 6.94. The van der Waals surface area contributed by atoms with Gasteiger partial charge in [-0.3, -0.25) is 4.57 Å². The lowest BCUT2D eigenvalue weighted by Gasteiger charge is -2.11. The molecule has 3 heteroatoms. The topological polar surface area (TPSA) is 26.3 Å². The summed E-state index contributed by atoms with van der Waals surface area (Å²) in [5, 5.41) is 0. The summed E-state index contributed by atoms with van der Waals surface area (Å²) < 4.78 is 17.6. The Bertz CT molecular complexity index is 189. The third kappa shape index (κ3) is 3.11. The van der Waals surface area contributed by atoms with E-state index in [1.807, 2.05) is 0 Å². The molecule has 0 spiro atoms. The lowest BCUT2D eigenvalue weighted by molar-refractivity contribution is 0.308. The molecule has 1 aliphatic rings. The van der Waals surface area contributed by atoms with Crippen LogP contribution in [-0.4, -0.2) is 18.9 Å². The molecule has 0 N–H and O–H groups in total. The molecular weight excluding hydrogens is 183 g/mol. The van der Waals surface area contributed by atoms with Gasteiger partial charge in [0.15, 0.2) is 0 Å². The van der Waals surface area contributed by atoms with Crippen LogP contribution in [0.1, 0.15) is 33.6 Å². The molecule has 0 aliphatic carbocycles. The highest BCUT2D eigenvalue weighted by Crippen LogP contribution is 2.57. The zero-order valence-electron chi connectivity index (χ0n) is 8.95. The quantitative estimate of drug-likeness (QED) is 0.518. The van der Waals surface area contributed by atoms with Crippen molar-refractivity contribution < 1.29 is 9.09 Å². The maximum absolute atomic E-state index is 12.1. The SMILES string of the molecule is CCCCOP1(=O)C[C@@H](C)[C@H](C)C1. The van der Waals surface area contributed by atoms with Crippen LogP contribution in [0.5, 0.6) is 0 Å². The fourth-order valence-corrected chi connectivity index (χ4v) is 5.09. The van der Waals surface area contributed by atoms with Gasteiger partial charge in [0.1, 0.15) is 0 Å². The summed E-state index contributed by atoms with van der Waals surface area (Å²) in [5.41, 5.74) is 0. The molecule has 0 bridgehead atoms. The Morgan fingerprint density at radius 3 is 2.31 bits per heavy atom. The van der Waals surface area contributed by atoms with Crippen molar-refractivity contribution in [3.63, 3.8) is 0 Å². The van der Waals surface area contributed by atoms with Crippen LogP contribution in [0.15, 0.2) is 0 Å². The predicted octanol–water partition coefficient (Wildman–Crippen LogP) is 3.37. The minimum Gasteiger partial charge on any atom is -0.328 e. The van der Waals surface area contributed by atoms with E-state index in [9.17, 15) is 4.57 Å². The molecule has 0 radical (unpaired) electrons. The predicted molar refractivity (Wildman–Crippen MR) is 56.5 cm³/mol. The molecule has 1 aliphatic heterocycles. The van der Waals surface area contributed by atoms with Crippen molar-refractivity contribution in [3.05, 3.63) is 0 Å². The molecular formula is C10H21O2P. The highest BCUT2D eigenvalue weighted by atomic mass is 31.2. The molecule has 1 fully saturated rings. The Kier molecular flexibility index (Phi) is 4.00. The molecule has 2 nitrogen and oxygen atoms in total. The van der Waals surface area contributed by atoms with Gasteiger partial charge in [0, 0.05) is 12.3 Å². The van der Waals surface area contributed by atoms with E-state index >= 15 is 0 Å². The number of hydrogen-bond donors (Lipinski definition) is 0. The average Bonchev–Trinajstić information content (AvgIpc) is 2.27. The molecule has 0 unspecified atom stereocenters. The van der Waals surface area contributed by atoms with Gasteiger partial charge in [-0.2, -0.15) is 0 Å². The van der Waals surface area contributed by atoms with Crippen molar-refractivity contribution in [3.8, 4) is 0 Å². The highest BCUT2D eigenvalue weighted by Gasteiger charge is 2.37. The van der Waals surface area contributed by atoms with Gasteiger partial charge in [0.2, 0.25) is 7.37 Å². The molecule has 0 saturated carbocycles. The van der Waals surface area contributed by atoms with Gasteiger partial charge in [-0.1, -0.05) is 27.2 Å². The van der Waals surface area contributed by atoms with Crippen LogP contribution < -0.4 is 0 Å². The Morgan fingerprint density at radius 1 is 1.31 bits per heavy atom. The summed E-state index contributed by atoms with van der Waals surface area (Å²) in [6.45, 7) is 7.16. The molecule has 1 saturated heterocycles. The second kappa shape index (κ2) is 4.61. The van der Waals surface area contributed by atoms with E-state index in [4.69, 9.17) is 4.52 Å². The van der Waals surface area contributed by atoms with Crippen LogP contribution in [0, 0.1) is 11.8 Å². The Morgan fingerprint density at radius 2 is 1.85 bits per heavy atom. The van der Waals surface area contributed by atoms with Crippen molar-refractivity contribution in [2.75, 3.05) is 18.9 Å². The van der Waals surface area contributed by atoms with Crippen LogP contribution >= 0.6 is 7.37 Å². The summed E-state index contributed by atoms with van der Waals surface area (Å²) in [5.74, 6) is 1.15. The van der Waals surface area contributed by atoms with E-state index in [2.05, 4.69) is 20.8 Å². The van der Waals surface area contributed by atoms with Crippen molar-refractivity contribution in [2.24, 2.45) is 11.8 Å². The number of rotatable bonds is 4. The molecule has 0 aromatic rings. The van der Waals surface area contributed by atoms with E-state index in [0.29, 0.717) is 18.4 Å². The van der Waals surface area contributed by atoms with Gasteiger partial charge < -0.3 is 4.52 Å². The molecule has 78 valence electrons. The largest absolute Gasteiger partial charge is 0.328 e. The molecule has 1 heterocycles.